The van der Waals surface area contributed by atoms with Crippen molar-refractivity contribution in [1.82, 2.24) is 4.98 Å². The number of hydrogen-bond donors (Lipinski definition) is 1. The standard InChI is InChI=1S/C21H19ClN2O4S/c1-29(26,27)19-7-5-14(6-8-19)9-17(25)10-15-3-2-4-18(11-15)28-20-12-16(22)13-24-21(20)23/h2-8,11-13H,9-10H2,1H3,(H2,23,24). The van der Waals surface area contributed by atoms with Gasteiger partial charge in [-0.15, -0.1) is 0 Å². The van der Waals surface area contributed by atoms with Crippen LogP contribution in [0, 0.1) is 0 Å². The lowest BCUT2D eigenvalue weighted by Gasteiger charge is -2.09. The summed E-state index contributed by atoms with van der Waals surface area (Å²) in [5.41, 5.74) is 7.34. The van der Waals surface area contributed by atoms with E-state index in [4.69, 9.17) is 22.1 Å². The Hall–Kier alpha value is -2.90. The number of nitrogens with zero attached hydrogens (tertiary/aromatic N) is 1. The fraction of sp³-hybridized carbons (Fsp3) is 0.143. The number of Topliss-reactive ketones (excluding diaryl/α,β-unsaturated/α-hetero) is 1. The number of ketones is 1. The summed E-state index contributed by atoms with van der Waals surface area (Å²) in [5.74, 6) is 1.07. The van der Waals surface area contributed by atoms with Crippen molar-refractivity contribution < 1.29 is 17.9 Å². The van der Waals surface area contributed by atoms with Crippen LogP contribution in [0.1, 0.15) is 11.1 Å². The van der Waals surface area contributed by atoms with Gasteiger partial charge in [0.25, 0.3) is 0 Å². The molecule has 0 saturated carbocycles. The van der Waals surface area contributed by atoms with Crippen molar-refractivity contribution in [2.24, 2.45) is 0 Å². The Kier molecular flexibility index (Phi) is 6.20. The summed E-state index contributed by atoms with van der Waals surface area (Å²) >= 11 is 5.92. The zero-order valence-corrected chi connectivity index (χ0v) is 17.2. The van der Waals surface area contributed by atoms with Crippen molar-refractivity contribution in [1.29, 1.82) is 0 Å². The fourth-order valence-corrected chi connectivity index (χ4v) is 3.51. The van der Waals surface area contributed by atoms with Crippen molar-refractivity contribution in [2.45, 2.75) is 17.7 Å². The maximum atomic E-state index is 12.4. The van der Waals surface area contributed by atoms with Crippen LogP contribution in [-0.4, -0.2) is 25.4 Å². The third-order valence-corrected chi connectivity index (χ3v) is 5.46. The number of halogens is 1. The van der Waals surface area contributed by atoms with E-state index in [-0.39, 0.29) is 29.3 Å². The number of sulfone groups is 1. The third-order valence-electron chi connectivity index (χ3n) is 4.13. The number of carbonyl (C=O) groups excluding carboxylic acids is 1. The average molecular weight is 431 g/mol. The summed E-state index contributed by atoms with van der Waals surface area (Å²) < 4.78 is 28.8. The van der Waals surface area contributed by atoms with Crippen LogP contribution in [0.3, 0.4) is 0 Å². The first-order valence-electron chi connectivity index (χ1n) is 8.69. The van der Waals surface area contributed by atoms with Gasteiger partial charge in [0.05, 0.1) is 9.92 Å². The number of anilines is 1. The van der Waals surface area contributed by atoms with E-state index in [0.29, 0.717) is 16.5 Å². The Morgan fingerprint density at radius 2 is 1.76 bits per heavy atom. The molecule has 2 aromatic carbocycles. The summed E-state index contributed by atoms with van der Waals surface area (Å²) in [6, 6.07) is 15.0. The number of rotatable bonds is 7. The molecule has 0 spiro atoms. The van der Waals surface area contributed by atoms with Crippen molar-refractivity contribution in [2.75, 3.05) is 12.0 Å². The Bertz CT molecular complexity index is 1150. The van der Waals surface area contributed by atoms with E-state index in [1.807, 2.05) is 6.07 Å². The van der Waals surface area contributed by atoms with Gasteiger partial charge >= 0.3 is 0 Å². The minimum absolute atomic E-state index is 0.00167. The molecule has 0 atom stereocenters. The first kappa shape index (κ1) is 20.8. The summed E-state index contributed by atoms with van der Waals surface area (Å²) in [6.45, 7) is 0. The van der Waals surface area contributed by atoms with Crippen LogP contribution in [0.15, 0.2) is 65.7 Å². The molecule has 0 bridgehead atoms. The Morgan fingerprint density at radius 3 is 2.45 bits per heavy atom. The molecule has 0 saturated heterocycles. The van der Waals surface area contributed by atoms with Gasteiger partial charge in [-0.3, -0.25) is 4.79 Å². The molecule has 6 nitrogen and oxygen atoms in total. The van der Waals surface area contributed by atoms with E-state index in [9.17, 15) is 13.2 Å². The van der Waals surface area contributed by atoms with Gasteiger partial charge in [-0.25, -0.2) is 13.4 Å². The van der Waals surface area contributed by atoms with E-state index in [1.165, 1.54) is 18.3 Å². The van der Waals surface area contributed by atoms with Gasteiger partial charge in [-0.1, -0.05) is 35.9 Å². The van der Waals surface area contributed by atoms with Crippen LogP contribution >= 0.6 is 11.6 Å². The molecule has 150 valence electrons. The van der Waals surface area contributed by atoms with E-state index < -0.39 is 9.84 Å². The minimum atomic E-state index is -3.25. The molecule has 29 heavy (non-hydrogen) atoms. The first-order chi connectivity index (χ1) is 13.7. The maximum absolute atomic E-state index is 12.4. The van der Waals surface area contributed by atoms with Gasteiger partial charge in [0, 0.05) is 31.4 Å². The summed E-state index contributed by atoms with van der Waals surface area (Å²) in [5, 5.41) is 0.405. The highest BCUT2D eigenvalue weighted by atomic mass is 35.5. The maximum Gasteiger partial charge on any atom is 0.175 e. The second-order valence-electron chi connectivity index (χ2n) is 6.59. The molecule has 0 aliphatic carbocycles. The van der Waals surface area contributed by atoms with Gasteiger partial charge < -0.3 is 10.5 Å². The quantitative estimate of drug-likeness (QED) is 0.610. The lowest BCUT2D eigenvalue weighted by atomic mass is 10.0. The zero-order chi connectivity index (χ0) is 21.0. The Morgan fingerprint density at radius 1 is 1.07 bits per heavy atom. The summed E-state index contributed by atoms with van der Waals surface area (Å²) in [4.78, 5) is 16.6. The topological polar surface area (TPSA) is 99.3 Å². The molecule has 0 aliphatic rings. The molecule has 0 aliphatic heterocycles. The van der Waals surface area contributed by atoms with Gasteiger partial charge in [0.2, 0.25) is 0 Å². The number of carbonyl (C=O) groups is 1. The molecule has 0 radical (unpaired) electrons. The zero-order valence-electron chi connectivity index (χ0n) is 15.6. The van der Waals surface area contributed by atoms with E-state index >= 15 is 0 Å². The molecule has 1 aromatic heterocycles. The third kappa shape index (κ3) is 5.79. The highest BCUT2D eigenvalue weighted by Crippen LogP contribution is 2.29. The number of nitrogens with two attached hydrogens (primary N) is 1. The smallest absolute Gasteiger partial charge is 0.175 e. The number of aromatic nitrogens is 1. The SMILES string of the molecule is CS(=O)(=O)c1ccc(CC(=O)Cc2cccc(Oc3cc(Cl)cnc3N)c2)cc1. The van der Waals surface area contributed by atoms with Crippen molar-refractivity contribution in [3.05, 3.63) is 76.9 Å². The molecule has 2 N–H and O–H groups in total. The molecule has 0 fully saturated rings. The second kappa shape index (κ2) is 8.63. The largest absolute Gasteiger partial charge is 0.453 e. The molecule has 8 heteroatoms. The van der Waals surface area contributed by atoms with Crippen LogP contribution in [-0.2, 0) is 27.5 Å². The predicted molar refractivity (Wildman–Crippen MR) is 112 cm³/mol. The first-order valence-corrected chi connectivity index (χ1v) is 11.0. The Labute approximate surface area is 174 Å². The van der Waals surface area contributed by atoms with Gasteiger partial charge in [-0.2, -0.15) is 0 Å². The number of ether oxygens (including phenoxy) is 1. The van der Waals surface area contributed by atoms with Crippen LogP contribution in [0.2, 0.25) is 5.02 Å². The highest BCUT2D eigenvalue weighted by Gasteiger charge is 2.10. The monoisotopic (exact) mass is 430 g/mol. The number of pyridine rings is 1. The van der Waals surface area contributed by atoms with Crippen LogP contribution in [0.25, 0.3) is 0 Å². The summed E-state index contributed by atoms with van der Waals surface area (Å²) in [7, 11) is -3.25. The second-order valence-corrected chi connectivity index (χ2v) is 9.05. The molecular formula is C21H19ClN2O4S. The van der Waals surface area contributed by atoms with E-state index in [2.05, 4.69) is 4.98 Å². The molecular weight excluding hydrogens is 412 g/mol. The number of benzene rings is 2. The summed E-state index contributed by atoms with van der Waals surface area (Å²) in [6.07, 6.45) is 3.01. The van der Waals surface area contributed by atoms with E-state index in [0.717, 1.165) is 17.4 Å². The Balaban J connectivity index is 1.66. The number of hydrogen-bond acceptors (Lipinski definition) is 6. The average Bonchev–Trinajstić information content (AvgIpc) is 2.64. The van der Waals surface area contributed by atoms with Crippen LogP contribution in [0.4, 0.5) is 5.82 Å². The molecule has 3 aromatic rings. The lowest BCUT2D eigenvalue weighted by molar-refractivity contribution is -0.117. The lowest BCUT2D eigenvalue weighted by Crippen LogP contribution is -2.07. The van der Waals surface area contributed by atoms with Crippen molar-refractivity contribution in [3.63, 3.8) is 0 Å². The highest BCUT2D eigenvalue weighted by molar-refractivity contribution is 7.90. The van der Waals surface area contributed by atoms with Crippen LogP contribution in [0.5, 0.6) is 11.5 Å². The van der Waals surface area contributed by atoms with Crippen LogP contribution < -0.4 is 10.5 Å². The molecule has 3 rings (SSSR count). The van der Waals surface area contributed by atoms with Crippen molar-refractivity contribution >= 4 is 33.0 Å². The number of nitrogen functional groups attached to an aromatic ring is 1. The van der Waals surface area contributed by atoms with Gasteiger partial charge in [0.1, 0.15) is 11.5 Å². The van der Waals surface area contributed by atoms with Gasteiger partial charge in [0.15, 0.2) is 21.4 Å². The predicted octanol–water partition coefficient (Wildman–Crippen LogP) is 3.87. The van der Waals surface area contributed by atoms with Crippen molar-refractivity contribution in [3.8, 4) is 11.5 Å². The normalized spacial score (nSPS) is 11.2. The van der Waals surface area contributed by atoms with E-state index in [1.54, 1.807) is 36.4 Å². The molecule has 0 amide bonds. The van der Waals surface area contributed by atoms with Gasteiger partial charge in [-0.05, 0) is 35.4 Å². The minimum Gasteiger partial charge on any atom is -0.453 e. The molecule has 1 heterocycles. The fourth-order valence-electron chi connectivity index (χ4n) is 2.73. The molecule has 0 unspecified atom stereocenters.